The highest BCUT2D eigenvalue weighted by atomic mass is 79.9. The van der Waals surface area contributed by atoms with Crippen molar-refractivity contribution in [2.75, 3.05) is 5.88 Å². The summed E-state index contributed by atoms with van der Waals surface area (Å²) in [5.74, 6) is 0.487. The van der Waals surface area contributed by atoms with Gasteiger partial charge in [-0.25, -0.2) is 0 Å². The van der Waals surface area contributed by atoms with Crippen LogP contribution in [0.1, 0.15) is 16.7 Å². The molecule has 2 heteroatoms. The first kappa shape index (κ1) is 10.8. The Labute approximate surface area is 92.7 Å². The Morgan fingerprint density at radius 2 is 1.85 bits per heavy atom. The Balaban J connectivity index is 3.20. The van der Waals surface area contributed by atoms with Crippen molar-refractivity contribution in [1.29, 1.82) is 0 Å². The van der Waals surface area contributed by atoms with Crippen molar-refractivity contribution in [3.05, 3.63) is 39.9 Å². The quantitative estimate of drug-likeness (QED) is 0.694. The lowest BCUT2D eigenvalue weighted by Crippen LogP contribution is -1.89. The first-order valence-electron chi connectivity index (χ1n) is 4.07. The molecule has 0 saturated carbocycles. The summed E-state index contributed by atoms with van der Waals surface area (Å²) in [4.78, 5) is 0. The first-order chi connectivity index (χ1) is 6.06. The number of hydrogen-bond donors (Lipinski definition) is 0. The lowest BCUT2D eigenvalue weighted by atomic mass is 10.0. The Morgan fingerprint density at radius 1 is 1.38 bits per heavy atom. The molecule has 0 atom stereocenters. The Bertz CT molecular complexity index is 319. The second-order valence-corrected chi connectivity index (χ2v) is 4.22. The highest BCUT2D eigenvalue weighted by Crippen LogP contribution is 2.25. The number of halogens is 2. The van der Waals surface area contributed by atoms with Crippen LogP contribution >= 0.6 is 27.5 Å². The molecule has 0 nitrogen and oxygen atoms in total. The van der Waals surface area contributed by atoms with E-state index in [0.29, 0.717) is 5.88 Å². The number of rotatable bonds is 2. The monoisotopic (exact) mass is 258 g/mol. The fourth-order valence-corrected chi connectivity index (χ4v) is 1.61. The summed E-state index contributed by atoms with van der Waals surface area (Å²) in [7, 11) is 0. The number of aryl methyl sites for hydroxylation is 2. The third-order valence-corrected chi connectivity index (χ3v) is 3.58. The lowest BCUT2D eigenvalue weighted by molar-refractivity contribution is 1.32. The van der Waals surface area contributed by atoms with Crippen LogP contribution in [0.25, 0.3) is 5.57 Å². The molecule has 0 radical (unpaired) electrons. The second-order valence-electron chi connectivity index (χ2n) is 3.16. The molecule has 0 bridgehead atoms. The van der Waals surface area contributed by atoms with Crippen molar-refractivity contribution < 1.29 is 0 Å². The van der Waals surface area contributed by atoms with Crippen LogP contribution in [0.15, 0.2) is 23.2 Å². The maximum Gasteiger partial charge on any atom is 0.0474 e. The van der Waals surface area contributed by atoms with E-state index in [2.05, 4.69) is 48.5 Å². The zero-order valence-corrected chi connectivity index (χ0v) is 10.2. The van der Waals surface area contributed by atoms with Crippen molar-refractivity contribution in [2.45, 2.75) is 13.8 Å². The lowest BCUT2D eigenvalue weighted by Gasteiger charge is -2.08. The van der Waals surface area contributed by atoms with Gasteiger partial charge in [-0.3, -0.25) is 0 Å². The Morgan fingerprint density at radius 3 is 2.23 bits per heavy atom. The maximum absolute atomic E-state index is 5.72. The van der Waals surface area contributed by atoms with E-state index >= 15 is 0 Å². The van der Waals surface area contributed by atoms with Crippen LogP contribution in [-0.4, -0.2) is 5.88 Å². The van der Waals surface area contributed by atoms with Crippen molar-refractivity contribution in [3.63, 3.8) is 0 Å². The Kier molecular flexibility index (Phi) is 3.57. The second kappa shape index (κ2) is 4.30. The molecule has 13 heavy (non-hydrogen) atoms. The van der Waals surface area contributed by atoms with Gasteiger partial charge < -0.3 is 0 Å². The summed E-state index contributed by atoms with van der Waals surface area (Å²) in [5.41, 5.74) is 4.55. The van der Waals surface area contributed by atoms with Crippen LogP contribution in [0.5, 0.6) is 0 Å². The van der Waals surface area contributed by atoms with E-state index in [-0.39, 0.29) is 0 Å². The van der Waals surface area contributed by atoms with Gasteiger partial charge in [0.1, 0.15) is 0 Å². The zero-order chi connectivity index (χ0) is 10.0. The van der Waals surface area contributed by atoms with Crippen molar-refractivity contribution in [3.8, 4) is 0 Å². The zero-order valence-electron chi connectivity index (χ0n) is 7.82. The molecule has 0 fully saturated rings. The highest BCUT2D eigenvalue weighted by Gasteiger charge is 2.03. The molecule has 0 aliphatic carbocycles. The van der Waals surface area contributed by atoms with Gasteiger partial charge in [0, 0.05) is 10.4 Å². The highest BCUT2D eigenvalue weighted by molar-refractivity contribution is 9.10. The van der Waals surface area contributed by atoms with Crippen LogP contribution in [0.3, 0.4) is 0 Å². The molecule has 0 aromatic heterocycles. The number of hydrogen-bond acceptors (Lipinski definition) is 0. The third kappa shape index (κ3) is 2.35. The summed E-state index contributed by atoms with van der Waals surface area (Å²) in [6.45, 7) is 8.05. The van der Waals surface area contributed by atoms with E-state index in [1.807, 2.05) is 0 Å². The van der Waals surface area contributed by atoms with Gasteiger partial charge in [0.25, 0.3) is 0 Å². The van der Waals surface area contributed by atoms with Crippen LogP contribution in [0.2, 0.25) is 0 Å². The molecule has 0 spiro atoms. The number of benzene rings is 1. The molecule has 0 N–H and O–H groups in total. The molecular formula is C11H12BrCl. The minimum absolute atomic E-state index is 0.487. The number of allylic oxidation sites excluding steroid dienone is 1. The van der Waals surface area contributed by atoms with Crippen LogP contribution in [0, 0.1) is 13.8 Å². The van der Waals surface area contributed by atoms with Gasteiger partial charge in [0.05, 0.1) is 0 Å². The molecule has 0 saturated heterocycles. The smallest absolute Gasteiger partial charge is 0.0474 e. The van der Waals surface area contributed by atoms with Gasteiger partial charge in [-0.15, -0.1) is 11.6 Å². The fourth-order valence-electron chi connectivity index (χ4n) is 1.23. The van der Waals surface area contributed by atoms with Crippen LogP contribution < -0.4 is 0 Å². The maximum atomic E-state index is 5.72. The number of alkyl halides is 1. The molecule has 0 aliphatic rings. The average Bonchev–Trinajstić information content (AvgIpc) is 2.12. The van der Waals surface area contributed by atoms with Crippen molar-refractivity contribution >= 4 is 33.1 Å². The van der Waals surface area contributed by atoms with Gasteiger partial charge in [-0.1, -0.05) is 34.6 Å². The van der Waals surface area contributed by atoms with Crippen LogP contribution in [0.4, 0.5) is 0 Å². The topological polar surface area (TPSA) is 0 Å². The Hall–Kier alpha value is -0.270. The molecule has 1 aromatic carbocycles. The predicted molar refractivity (Wildman–Crippen MR) is 63.4 cm³/mol. The van der Waals surface area contributed by atoms with Gasteiger partial charge in [0.15, 0.2) is 0 Å². The normalized spacial score (nSPS) is 10.2. The molecule has 0 heterocycles. The van der Waals surface area contributed by atoms with E-state index < -0.39 is 0 Å². The van der Waals surface area contributed by atoms with Crippen molar-refractivity contribution in [1.82, 2.24) is 0 Å². The van der Waals surface area contributed by atoms with Crippen LogP contribution in [-0.2, 0) is 0 Å². The van der Waals surface area contributed by atoms with Gasteiger partial charge in [-0.05, 0) is 36.1 Å². The first-order valence-corrected chi connectivity index (χ1v) is 5.40. The average molecular weight is 260 g/mol. The summed E-state index contributed by atoms with van der Waals surface area (Å²) in [6, 6.07) is 4.20. The van der Waals surface area contributed by atoms with E-state index in [4.69, 9.17) is 11.6 Å². The summed E-state index contributed by atoms with van der Waals surface area (Å²) >= 11 is 9.24. The minimum atomic E-state index is 0.487. The third-order valence-electron chi connectivity index (χ3n) is 2.01. The molecule has 1 aromatic rings. The summed E-state index contributed by atoms with van der Waals surface area (Å²) in [5, 5.41) is 0. The standard InChI is InChI=1S/C11H12BrCl/c1-7-4-10(9(3)6-13)5-8(2)11(7)12/h4-5H,3,6H2,1-2H3. The van der Waals surface area contributed by atoms with Gasteiger partial charge in [-0.2, -0.15) is 0 Å². The molecule has 0 unspecified atom stereocenters. The fraction of sp³-hybridized carbons (Fsp3) is 0.273. The molecule has 70 valence electrons. The van der Waals surface area contributed by atoms with E-state index in [0.717, 1.165) is 11.1 Å². The SMILES string of the molecule is C=C(CCl)c1cc(C)c(Br)c(C)c1. The predicted octanol–water partition coefficient (Wildman–Crippen LogP) is 4.32. The largest absolute Gasteiger partial charge is 0.122 e. The van der Waals surface area contributed by atoms with Gasteiger partial charge >= 0.3 is 0 Å². The van der Waals surface area contributed by atoms with Gasteiger partial charge in [0.2, 0.25) is 0 Å². The minimum Gasteiger partial charge on any atom is -0.122 e. The van der Waals surface area contributed by atoms with E-state index in [9.17, 15) is 0 Å². The molecule has 0 amide bonds. The van der Waals surface area contributed by atoms with E-state index in [1.165, 1.54) is 15.6 Å². The van der Waals surface area contributed by atoms with Crippen molar-refractivity contribution in [2.24, 2.45) is 0 Å². The summed E-state index contributed by atoms with van der Waals surface area (Å²) < 4.78 is 1.17. The molecular weight excluding hydrogens is 247 g/mol. The van der Waals surface area contributed by atoms with E-state index in [1.54, 1.807) is 0 Å². The molecule has 0 aliphatic heterocycles. The molecule has 1 rings (SSSR count). The summed E-state index contributed by atoms with van der Waals surface area (Å²) in [6.07, 6.45) is 0.